The zero-order valence-electron chi connectivity index (χ0n) is 15.2. The van der Waals surface area contributed by atoms with Crippen LogP contribution in [0.5, 0.6) is 5.75 Å². The van der Waals surface area contributed by atoms with Gasteiger partial charge in [-0.15, -0.1) is 0 Å². The summed E-state index contributed by atoms with van der Waals surface area (Å²) in [6.45, 7) is 4.95. The molecule has 2 saturated heterocycles. The van der Waals surface area contributed by atoms with Gasteiger partial charge in [0, 0.05) is 30.4 Å². The molecule has 0 bridgehead atoms. The average molecular weight is 369 g/mol. The van der Waals surface area contributed by atoms with E-state index in [0.717, 1.165) is 30.9 Å². The largest absolute Gasteiger partial charge is 0.506 e. The van der Waals surface area contributed by atoms with Gasteiger partial charge in [0.25, 0.3) is 5.56 Å². The van der Waals surface area contributed by atoms with Crippen LogP contribution in [0, 0.1) is 5.92 Å². The molecule has 2 fully saturated rings. The molecule has 2 aliphatic rings. The van der Waals surface area contributed by atoms with Gasteiger partial charge in [0.2, 0.25) is 0 Å². The molecule has 2 aromatic rings. The molecule has 2 aliphatic heterocycles. The number of aromatic carboxylic acids is 1. The molecule has 0 radical (unpaired) electrons. The van der Waals surface area contributed by atoms with Crippen LogP contribution in [0.25, 0.3) is 11.3 Å². The van der Waals surface area contributed by atoms with Crippen LogP contribution in [0.1, 0.15) is 29.3 Å². The summed E-state index contributed by atoms with van der Waals surface area (Å²) < 4.78 is 0. The number of carboxylic acid groups (broad SMARTS) is 1. The zero-order valence-corrected chi connectivity index (χ0v) is 15.2. The lowest BCUT2D eigenvalue weighted by molar-refractivity contribution is 0.0691. The minimum Gasteiger partial charge on any atom is -0.506 e. The van der Waals surface area contributed by atoms with Crippen molar-refractivity contribution in [3.8, 4) is 17.0 Å². The van der Waals surface area contributed by atoms with Gasteiger partial charge in [-0.3, -0.25) is 4.79 Å². The molecule has 0 aliphatic carbocycles. The molecule has 0 spiro atoms. The van der Waals surface area contributed by atoms with Gasteiger partial charge in [-0.25, -0.2) is 4.79 Å². The second-order valence-corrected chi connectivity index (χ2v) is 7.25. The molecule has 3 heterocycles. The molecule has 7 nitrogen and oxygen atoms in total. The first-order valence-electron chi connectivity index (χ1n) is 9.29. The summed E-state index contributed by atoms with van der Waals surface area (Å²) in [6.07, 6.45) is 1.62. The van der Waals surface area contributed by atoms with E-state index < -0.39 is 22.8 Å². The van der Waals surface area contributed by atoms with Gasteiger partial charge in [0.1, 0.15) is 5.75 Å². The minimum absolute atomic E-state index is 0.404. The van der Waals surface area contributed by atoms with Gasteiger partial charge in [-0.05, 0) is 43.0 Å². The molecule has 142 valence electrons. The van der Waals surface area contributed by atoms with Gasteiger partial charge in [0.05, 0.1) is 5.69 Å². The van der Waals surface area contributed by atoms with E-state index >= 15 is 0 Å². The highest BCUT2D eigenvalue weighted by molar-refractivity contribution is 5.92. The van der Waals surface area contributed by atoms with Gasteiger partial charge in [0.15, 0.2) is 5.56 Å². The fourth-order valence-electron chi connectivity index (χ4n) is 4.32. The van der Waals surface area contributed by atoms with Crippen LogP contribution in [0.3, 0.4) is 0 Å². The standard InChI is InChI=1S/C20H23N3O4/c1-2-14-17(22-19(25)16(18(14)24)20(26)27)11-3-5-13(6-4-11)23-9-12-7-8-21-15(12)10-23/h3-6,12,15,21H,2,7-10H2,1H3,(H,26,27)(H2,22,24,25)/t12-,15+/m1/s1. The van der Waals surface area contributed by atoms with E-state index in [0.29, 0.717) is 29.6 Å². The number of carbonyl (C=O) groups is 1. The first-order chi connectivity index (χ1) is 13.0. The Morgan fingerprint density at radius 2 is 2.00 bits per heavy atom. The Morgan fingerprint density at radius 1 is 1.26 bits per heavy atom. The molecular weight excluding hydrogens is 346 g/mol. The van der Waals surface area contributed by atoms with Crippen LogP contribution in [-0.2, 0) is 6.42 Å². The summed E-state index contributed by atoms with van der Waals surface area (Å²) in [5.74, 6) is -1.18. The minimum atomic E-state index is -1.43. The third-order valence-electron chi connectivity index (χ3n) is 5.74. The summed E-state index contributed by atoms with van der Waals surface area (Å²) in [5, 5.41) is 23.0. The smallest absolute Gasteiger partial charge is 0.345 e. The molecule has 1 aromatic carbocycles. The highest BCUT2D eigenvalue weighted by Crippen LogP contribution is 2.33. The average Bonchev–Trinajstić information content (AvgIpc) is 3.23. The number of hydrogen-bond donors (Lipinski definition) is 4. The molecule has 27 heavy (non-hydrogen) atoms. The SMILES string of the molecule is CCc1c(-c2ccc(N3C[C@H]4CCN[C@H]4C3)cc2)[nH]c(=O)c(C(=O)O)c1O. The topological polar surface area (TPSA) is 106 Å². The molecule has 1 aromatic heterocycles. The highest BCUT2D eigenvalue weighted by Gasteiger charge is 2.35. The van der Waals surface area contributed by atoms with E-state index in [1.165, 1.54) is 6.42 Å². The fraction of sp³-hybridized carbons (Fsp3) is 0.400. The number of benzene rings is 1. The Morgan fingerprint density at radius 3 is 2.63 bits per heavy atom. The fourth-order valence-corrected chi connectivity index (χ4v) is 4.32. The van der Waals surface area contributed by atoms with Crippen LogP contribution in [0.15, 0.2) is 29.1 Å². The number of aromatic amines is 1. The maximum Gasteiger partial charge on any atom is 0.345 e. The van der Waals surface area contributed by atoms with Crippen LogP contribution in [-0.4, -0.2) is 46.8 Å². The third kappa shape index (κ3) is 2.98. The van der Waals surface area contributed by atoms with Crippen molar-refractivity contribution in [2.24, 2.45) is 5.92 Å². The van der Waals surface area contributed by atoms with E-state index in [1.54, 1.807) is 0 Å². The Balaban J connectivity index is 1.66. The van der Waals surface area contributed by atoms with Gasteiger partial charge in [-0.1, -0.05) is 19.1 Å². The zero-order chi connectivity index (χ0) is 19.1. The number of carboxylic acids is 1. The van der Waals surface area contributed by atoms with E-state index in [4.69, 9.17) is 5.11 Å². The van der Waals surface area contributed by atoms with Crippen molar-refractivity contribution in [3.05, 3.63) is 45.7 Å². The van der Waals surface area contributed by atoms with Crippen molar-refractivity contribution in [2.45, 2.75) is 25.8 Å². The van der Waals surface area contributed by atoms with Gasteiger partial charge >= 0.3 is 5.97 Å². The van der Waals surface area contributed by atoms with Crippen LogP contribution >= 0.6 is 0 Å². The maximum atomic E-state index is 12.1. The van der Waals surface area contributed by atoms with Crippen molar-refractivity contribution in [1.29, 1.82) is 0 Å². The lowest BCUT2D eigenvalue weighted by atomic mass is 10.0. The molecule has 4 rings (SSSR count). The number of aromatic nitrogens is 1. The van der Waals surface area contributed by atoms with Gasteiger partial charge in [-0.2, -0.15) is 0 Å². The molecule has 0 amide bonds. The molecule has 4 N–H and O–H groups in total. The normalized spacial score (nSPS) is 21.4. The second kappa shape index (κ2) is 6.74. The van der Waals surface area contributed by atoms with Crippen molar-refractivity contribution >= 4 is 11.7 Å². The van der Waals surface area contributed by atoms with Crippen LogP contribution < -0.4 is 15.8 Å². The molecule has 7 heteroatoms. The summed E-state index contributed by atoms with van der Waals surface area (Å²) in [7, 11) is 0. The van der Waals surface area contributed by atoms with Crippen molar-refractivity contribution in [2.75, 3.05) is 24.5 Å². The number of hydrogen-bond acceptors (Lipinski definition) is 5. The Bertz CT molecular complexity index is 923. The number of anilines is 1. The predicted molar refractivity (Wildman–Crippen MR) is 103 cm³/mol. The Labute approximate surface area is 156 Å². The van der Waals surface area contributed by atoms with E-state index in [-0.39, 0.29) is 0 Å². The van der Waals surface area contributed by atoms with Crippen molar-refractivity contribution < 1.29 is 15.0 Å². The number of nitrogens with zero attached hydrogens (tertiary/aromatic N) is 1. The molecule has 0 saturated carbocycles. The number of H-pyrrole nitrogens is 1. The lowest BCUT2D eigenvalue weighted by Gasteiger charge is -2.20. The van der Waals surface area contributed by atoms with Gasteiger partial charge < -0.3 is 25.4 Å². The predicted octanol–water partition coefficient (Wildman–Crippen LogP) is 1.81. The Kier molecular flexibility index (Phi) is 4.39. The summed E-state index contributed by atoms with van der Waals surface area (Å²) in [5.41, 5.74) is 1.37. The summed E-state index contributed by atoms with van der Waals surface area (Å²) >= 11 is 0. The monoisotopic (exact) mass is 369 g/mol. The quantitative estimate of drug-likeness (QED) is 0.655. The first kappa shape index (κ1) is 17.6. The number of rotatable bonds is 4. The third-order valence-corrected chi connectivity index (χ3v) is 5.74. The number of pyridine rings is 1. The molecular formula is C20H23N3O4. The van der Waals surface area contributed by atoms with E-state index in [1.807, 2.05) is 31.2 Å². The number of aromatic hydroxyl groups is 1. The first-order valence-corrected chi connectivity index (χ1v) is 9.29. The van der Waals surface area contributed by atoms with Crippen LogP contribution in [0.4, 0.5) is 5.69 Å². The van der Waals surface area contributed by atoms with E-state index in [9.17, 15) is 14.7 Å². The Hall–Kier alpha value is -2.80. The van der Waals surface area contributed by atoms with Crippen molar-refractivity contribution in [1.82, 2.24) is 10.3 Å². The second-order valence-electron chi connectivity index (χ2n) is 7.25. The van der Waals surface area contributed by atoms with E-state index in [2.05, 4.69) is 15.2 Å². The highest BCUT2D eigenvalue weighted by atomic mass is 16.4. The summed E-state index contributed by atoms with van der Waals surface area (Å²) in [4.78, 5) is 28.4. The number of fused-ring (bicyclic) bond motifs is 1. The number of nitrogens with one attached hydrogen (secondary N) is 2. The molecule has 0 unspecified atom stereocenters. The maximum absolute atomic E-state index is 12.1. The van der Waals surface area contributed by atoms with Crippen molar-refractivity contribution in [3.63, 3.8) is 0 Å². The molecule has 2 atom stereocenters. The van der Waals surface area contributed by atoms with Crippen LogP contribution in [0.2, 0.25) is 0 Å². The summed E-state index contributed by atoms with van der Waals surface area (Å²) in [6, 6.07) is 8.39. The lowest BCUT2D eigenvalue weighted by Crippen LogP contribution is -2.30.